The molecule has 2 aromatic rings. The van der Waals surface area contributed by atoms with Crippen molar-refractivity contribution in [3.63, 3.8) is 0 Å². The standard InChI is InChI=1S/C19H28FN11/c1-11(21)7-15(22)26-18-27-17(25-12(2)16-23-8-13(20)9-24-16)28-19(29-18)31-6-5-14(10-31)30(3)4/h7-9,12,14H,5-6,10,21H2,1-4H3,(H3,22,25,26,27,28,29)/b11-7-/t12-,14?/m0/s1. The van der Waals surface area contributed by atoms with Crippen molar-refractivity contribution in [1.29, 1.82) is 0 Å². The van der Waals surface area contributed by atoms with E-state index in [1.54, 1.807) is 6.92 Å². The maximum Gasteiger partial charge on any atom is 0.257 e. The van der Waals surface area contributed by atoms with Gasteiger partial charge in [-0.05, 0) is 40.4 Å². The van der Waals surface area contributed by atoms with Gasteiger partial charge in [-0.2, -0.15) is 19.9 Å². The predicted octanol–water partition coefficient (Wildman–Crippen LogP) is 0.965. The normalized spacial score (nSPS) is 18.5. The second kappa shape index (κ2) is 9.60. The summed E-state index contributed by atoms with van der Waals surface area (Å²) in [5.41, 5.74) is 12.1. The summed E-state index contributed by atoms with van der Waals surface area (Å²) in [7, 11) is 4.10. The van der Waals surface area contributed by atoms with E-state index >= 15 is 0 Å². The molecule has 1 saturated heterocycles. The lowest BCUT2D eigenvalue weighted by molar-refractivity contribution is 0.315. The van der Waals surface area contributed by atoms with E-state index in [1.165, 1.54) is 6.08 Å². The third-order valence-electron chi connectivity index (χ3n) is 4.77. The van der Waals surface area contributed by atoms with Crippen molar-refractivity contribution in [1.82, 2.24) is 29.8 Å². The fourth-order valence-corrected chi connectivity index (χ4v) is 3.14. The molecular formula is C19H28FN11. The van der Waals surface area contributed by atoms with Gasteiger partial charge in [-0.1, -0.05) is 0 Å². The minimum Gasteiger partial charge on any atom is -0.402 e. The van der Waals surface area contributed by atoms with Crippen LogP contribution in [0.2, 0.25) is 0 Å². The molecule has 166 valence electrons. The Bertz CT molecular complexity index is 954. The van der Waals surface area contributed by atoms with Crippen LogP contribution < -0.4 is 21.7 Å². The molecule has 0 saturated carbocycles. The molecule has 0 spiro atoms. The second-order valence-electron chi connectivity index (χ2n) is 7.66. The van der Waals surface area contributed by atoms with Crippen molar-refractivity contribution < 1.29 is 4.39 Å². The Kier molecular flexibility index (Phi) is 6.90. The summed E-state index contributed by atoms with van der Waals surface area (Å²) in [5.74, 6) is 1.03. The van der Waals surface area contributed by atoms with Crippen LogP contribution in [0.3, 0.4) is 0 Å². The highest BCUT2D eigenvalue weighted by Gasteiger charge is 2.27. The number of allylic oxidation sites excluding steroid dienone is 1. The van der Waals surface area contributed by atoms with Crippen molar-refractivity contribution in [3.8, 4) is 0 Å². The number of hydrogen-bond donors (Lipinski definition) is 3. The van der Waals surface area contributed by atoms with Gasteiger partial charge in [-0.3, -0.25) is 0 Å². The maximum absolute atomic E-state index is 13.1. The largest absolute Gasteiger partial charge is 0.402 e. The first kappa shape index (κ1) is 22.3. The zero-order valence-corrected chi connectivity index (χ0v) is 18.1. The van der Waals surface area contributed by atoms with Gasteiger partial charge in [0.15, 0.2) is 5.82 Å². The number of nitrogens with zero attached hydrogens (tertiary/aromatic N) is 8. The SMILES string of the molecule is C/C(N)=C/C(N)=N\c1nc(N[C@@H](C)c2ncc(F)cn2)nc(N2CCC(N(C)C)C2)n1. The van der Waals surface area contributed by atoms with E-state index in [4.69, 9.17) is 11.5 Å². The van der Waals surface area contributed by atoms with Gasteiger partial charge in [-0.15, -0.1) is 0 Å². The molecule has 31 heavy (non-hydrogen) atoms. The summed E-state index contributed by atoms with van der Waals surface area (Å²) in [6, 6.07) is 0.0314. The van der Waals surface area contributed by atoms with Crippen molar-refractivity contribution in [2.75, 3.05) is 37.4 Å². The second-order valence-corrected chi connectivity index (χ2v) is 7.66. The summed E-state index contributed by atoms with van der Waals surface area (Å²) in [4.78, 5) is 29.9. The Morgan fingerprint density at radius 1 is 1.29 bits per heavy atom. The monoisotopic (exact) mass is 429 g/mol. The first-order valence-electron chi connectivity index (χ1n) is 9.90. The van der Waals surface area contributed by atoms with Crippen LogP contribution in [-0.4, -0.2) is 68.9 Å². The number of rotatable bonds is 7. The van der Waals surface area contributed by atoms with Gasteiger partial charge in [0.25, 0.3) is 5.95 Å². The number of amidine groups is 1. The lowest BCUT2D eigenvalue weighted by Gasteiger charge is -2.21. The number of aromatic nitrogens is 5. The molecule has 3 heterocycles. The number of halogens is 1. The molecule has 0 radical (unpaired) electrons. The van der Waals surface area contributed by atoms with E-state index in [9.17, 15) is 4.39 Å². The molecule has 1 aliphatic heterocycles. The van der Waals surface area contributed by atoms with Crippen molar-refractivity contribution >= 4 is 23.7 Å². The number of nitrogens with two attached hydrogens (primary N) is 2. The molecule has 5 N–H and O–H groups in total. The van der Waals surface area contributed by atoms with E-state index in [1.807, 2.05) is 6.92 Å². The molecule has 1 aliphatic rings. The summed E-state index contributed by atoms with van der Waals surface area (Å²) < 4.78 is 13.1. The van der Waals surface area contributed by atoms with Crippen LogP contribution in [0.1, 0.15) is 32.1 Å². The fraction of sp³-hybridized carbons (Fsp3) is 0.474. The molecule has 1 unspecified atom stereocenters. The summed E-state index contributed by atoms with van der Waals surface area (Å²) >= 11 is 0. The van der Waals surface area contributed by atoms with E-state index in [0.717, 1.165) is 31.9 Å². The summed E-state index contributed by atoms with van der Waals surface area (Å²) in [5, 5.41) is 3.13. The van der Waals surface area contributed by atoms with Crippen LogP contribution in [0, 0.1) is 5.82 Å². The van der Waals surface area contributed by atoms with Gasteiger partial charge in [-0.25, -0.2) is 14.4 Å². The van der Waals surface area contributed by atoms with Gasteiger partial charge in [0.2, 0.25) is 11.9 Å². The van der Waals surface area contributed by atoms with Crippen molar-refractivity contribution in [3.05, 3.63) is 35.8 Å². The predicted molar refractivity (Wildman–Crippen MR) is 117 cm³/mol. The molecule has 11 nitrogen and oxygen atoms in total. The topological polar surface area (TPSA) is 147 Å². The molecular weight excluding hydrogens is 401 g/mol. The average molecular weight is 430 g/mol. The lowest BCUT2D eigenvalue weighted by Crippen LogP contribution is -2.32. The maximum atomic E-state index is 13.1. The van der Waals surface area contributed by atoms with Crippen molar-refractivity contribution in [2.45, 2.75) is 32.4 Å². The molecule has 1 fully saturated rings. The van der Waals surface area contributed by atoms with E-state index in [2.05, 4.69) is 59.1 Å². The number of likely N-dealkylation sites (N-methyl/N-ethyl adjacent to an activating group) is 1. The highest BCUT2D eigenvalue weighted by Crippen LogP contribution is 2.23. The van der Waals surface area contributed by atoms with Crippen LogP contribution in [0.5, 0.6) is 0 Å². The van der Waals surface area contributed by atoms with Gasteiger partial charge >= 0.3 is 0 Å². The molecule has 0 bridgehead atoms. The third kappa shape index (κ3) is 6.04. The Hall–Kier alpha value is -3.41. The van der Waals surface area contributed by atoms with Gasteiger partial charge < -0.3 is 26.6 Å². The fourth-order valence-electron chi connectivity index (χ4n) is 3.14. The first-order chi connectivity index (χ1) is 14.7. The van der Waals surface area contributed by atoms with Crippen LogP contribution in [0.25, 0.3) is 0 Å². The van der Waals surface area contributed by atoms with Crippen LogP contribution >= 0.6 is 0 Å². The number of nitrogens with one attached hydrogen (secondary N) is 1. The van der Waals surface area contributed by atoms with Gasteiger partial charge in [0, 0.05) is 24.8 Å². The average Bonchev–Trinajstić information content (AvgIpc) is 3.18. The Balaban J connectivity index is 1.91. The zero-order valence-electron chi connectivity index (χ0n) is 18.1. The third-order valence-corrected chi connectivity index (χ3v) is 4.77. The Morgan fingerprint density at radius 3 is 2.61 bits per heavy atom. The quantitative estimate of drug-likeness (QED) is 0.429. The number of aliphatic imine (C=N–C) groups is 1. The summed E-state index contributed by atoms with van der Waals surface area (Å²) in [6.07, 6.45) is 4.76. The van der Waals surface area contributed by atoms with Crippen LogP contribution in [0.4, 0.5) is 22.2 Å². The molecule has 0 aromatic carbocycles. The Morgan fingerprint density at radius 2 is 2.00 bits per heavy atom. The highest BCUT2D eigenvalue weighted by atomic mass is 19.1. The first-order valence-corrected chi connectivity index (χ1v) is 9.90. The van der Waals surface area contributed by atoms with E-state index in [0.29, 0.717) is 29.5 Å². The van der Waals surface area contributed by atoms with E-state index in [-0.39, 0.29) is 17.8 Å². The van der Waals surface area contributed by atoms with Crippen molar-refractivity contribution in [2.24, 2.45) is 16.5 Å². The smallest absolute Gasteiger partial charge is 0.257 e. The summed E-state index contributed by atoms with van der Waals surface area (Å²) in [6.45, 7) is 5.13. The molecule has 0 aliphatic carbocycles. The van der Waals surface area contributed by atoms with E-state index < -0.39 is 5.82 Å². The molecule has 12 heteroatoms. The molecule has 0 amide bonds. The molecule has 2 aromatic heterocycles. The number of anilines is 2. The minimum absolute atomic E-state index is 0.156. The molecule has 2 atom stereocenters. The highest BCUT2D eigenvalue weighted by molar-refractivity contribution is 5.93. The van der Waals surface area contributed by atoms with Crippen LogP contribution in [0.15, 0.2) is 29.2 Å². The van der Waals surface area contributed by atoms with Crippen LogP contribution in [-0.2, 0) is 0 Å². The minimum atomic E-state index is -0.502. The van der Waals surface area contributed by atoms with Gasteiger partial charge in [0.05, 0.1) is 18.4 Å². The zero-order chi connectivity index (χ0) is 22.5. The molecule has 3 rings (SSSR count). The number of hydrogen-bond acceptors (Lipinski definition) is 10. The lowest BCUT2D eigenvalue weighted by atomic mass is 10.2. The Labute approximate surface area is 180 Å². The van der Waals surface area contributed by atoms with Gasteiger partial charge in [0.1, 0.15) is 11.7 Å².